The van der Waals surface area contributed by atoms with Gasteiger partial charge in [0.2, 0.25) is 0 Å². The minimum absolute atomic E-state index is 0.00327. The zero-order valence-corrected chi connectivity index (χ0v) is 28.5. The molecule has 252 valence electrons. The Morgan fingerprint density at radius 3 is 2.69 bits per heavy atom. The lowest BCUT2D eigenvalue weighted by Gasteiger charge is -2.61. The van der Waals surface area contributed by atoms with Crippen molar-refractivity contribution in [2.75, 3.05) is 46.5 Å². The molecule has 3 aliphatic carbocycles. The molecule has 2 bridgehead atoms. The number of nitrogens with one attached hydrogen (secondary N) is 2. The highest BCUT2D eigenvalue weighted by atomic mass is 16.5. The van der Waals surface area contributed by atoms with Crippen LogP contribution in [0.25, 0.3) is 0 Å². The first-order valence-electron chi connectivity index (χ1n) is 17.1. The molecule has 45 heavy (non-hydrogen) atoms. The van der Waals surface area contributed by atoms with Crippen molar-refractivity contribution in [3.05, 3.63) is 70.9 Å². The zero-order valence-electron chi connectivity index (χ0n) is 28.5. The van der Waals surface area contributed by atoms with Gasteiger partial charge < -0.3 is 30.7 Å². The Bertz CT molecular complexity index is 1150. The van der Waals surface area contributed by atoms with Crippen molar-refractivity contribution in [2.45, 2.75) is 84.3 Å². The molecule has 0 amide bonds. The number of hydrogen-bond acceptors (Lipinski definition) is 7. The lowest BCUT2D eigenvalue weighted by atomic mass is 9.45. The van der Waals surface area contributed by atoms with E-state index in [-0.39, 0.29) is 30.3 Å². The fourth-order valence-electron chi connectivity index (χ4n) is 8.40. The van der Waals surface area contributed by atoms with Gasteiger partial charge in [-0.05, 0) is 109 Å². The Labute approximate surface area is 272 Å². The Morgan fingerprint density at radius 1 is 1.24 bits per heavy atom. The number of carbonyl (C=O) groups is 1. The van der Waals surface area contributed by atoms with Crippen LogP contribution in [0.15, 0.2) is 70.9 Å². The van der Waals surface area contributed by atoms with Crippen LogP contribution >= 0.6 is 0 Å². The van der Waals surface area contributed by atoms with Gasteiger partial charge in [0.1, 0.15) is 6.29 Å². The third kappa shape index (κ3) is 8.43. The molecule has 1 spiro atoms. The summed E-state index contributed by atoms with van der Waals surface area (Å²) in [5.41, 5.74) is 3.07. The van der Waals surface area contributed by atoms with E-state index in [1.54, 1.807) is 0 Å². The highest BCUT2D eigenvalue weighted by Crippen LogP contribution is 2.67. The number of aliphatic hydroxyl groups is 3. The molecule has 3 aliphatic rings. The summed E-state index contributed by atoms with van der Waals surface area (Å²) in [7, 11) is 1.88. The van der Waals surface area contributed by atoms with Crippen LogP contribution in [0.2, 0.25) is 0 Å². The van der Waals surface area contributed by atoms with Gasteiger partial charge in [-0.3, -0.25) is 4.79 Å². The van der Waals surface area contributed by atoms with Crippen LogP contribution in [0.3, 0.4) is 0 Å². The topological polar surface area (TPSA) is 111 Å². The predicted octanol–water partition coefficient (Wildman–Crippen LogP) is 5.22. The first-order valence-corrected chi connectivity index (χ1v) is 17.1. The van der Waals surface area contributed by atoms with E-state index in [9.17, 15) is 20.1 Å². The molecule has 0 heterocycles. The lowest BCUT2D eigenvalue weighted by molar-refractivity contribution is -0.194. The van der Waals surface area contributed by atoms with Gasteiger partial charge in [-0.15, -0.1) is 0 Å². The average molecular weight is 625 g/mol. The van der Waals surface area contributed by atoms with Crippen molar-refractivity contribution >= 4 is 6.29 Å². The second-order valence-corrected chi connectivity index (χ2v) is 13.4. The molecule has 2 saturated carbocycles. The summed E-state index contributed by atoms with van der Waals surface area (Å²) in [6.45, 7) is 15.8. The highest BCUT2D eigenvalue weighted by Gasteiger charge is 2.68. The fourth-order valence-corrected chi connectivity index (χ4v) is 8.40. The van der Waals surface area contributed by atoms with E-state index in [2.05, 4.69) is 55.4 Å². The van der Waals surface area contributed by atoms with E-state index in [1.807, 2.05) is 33.0 Å². The van der Waals surface area contributed by atoms with E-state index in [0.29, 0.717) is 57.4 Å². The summed E-state index contributed by atoms with van der Waals surface area (Å²) in [4.78, 5) is 12.2. The number of likely N-dealkylation sites (N-methyl/N-ethyl adjacent to an activating group) is 1. The molecule has 0 aromatic rings. The minimum Gasteiger partial charge on any atom is -0.396 e. The van der Waals surface area contributed by atoms with E-state index in [0.717, 1.165) is 48.9 Å². The molecule has 7 heteroatoms. The number of hydrogen-bond donors (Lipinski definition) is 5. The van der Waals surface area contributed by atoms with Gasteiger partial charge in [-0.2, -0.15) is 0 Å². The van der Waals surface area contributed by atoms with Crippen LogP contribution in [0.1, 0.15) is 72.6 Å². The van der Waals surface area contributed by atoms with Gasteiger partial charge in [0, 0.05) is 37.0 Å². The summed E-state index contributed by atoms with van der Waals surface area (Å²) in [5.74, 6) is -0.595. The smallest absolute Gasteiger partial charge is 0.145 e. The first-order chi connectivity index (χ1) is 21.6. The standard InChI is InChI=1S/C38H60N2O5/c1-7-40-24-28(4)13-9-11-27(3)12-10-14-32(26-45-8-2)33-17-19-38(36(33)43)35-30(18-22-41)15-16-31(34(35)29(5)25-42)23-37(38,44)20-21-39-6/h10,12-16,25,30-31,33,35-36,39-41,43-44H,3,7-9,11,17-24,26H2,1-2,4-6H3. The zero-order chi connectivity index (χ0) is 33.0. The number of aldehydes is 1. The molecule has 0 aliphatic heterocycles. The molecular weight excluding hydrogens is 564 g/mol. The Kier molecular flexibility index (Phi) is 14.7. The van der Waals surface area contributed by atoms with Gasteiger partial charge in [-0.25, -0.2) is 0 Å². The van der Waals surface area contributed by atoms with Crippen LogP contribution in [0.5, 0.6) is 0 Å². The van der Waals surface area contributed by atoms with E-state index < -0.39 is 17.1 Å². The maximum absolute atomic E-state index is 12.7. The molecule has 2 fully saturated rings. The van der Waals surface area contributed by atoms with Crippen molar-refractivity contribution < 1.29 is 24.9 Å². The predicted molar refractivity (Wildman–Crippen MR) is 184 cm³/mol. The number of ether oxygens (including phenoxy) is 1. The van der Waals surface area contributed by atoms with Crippen molar-refractivity contribution in [1.29, 1.82) is 0 Å². The van der Waals surface area contributed by atoms with Gasteiger partial charge in [0.05, 0.1) is 18.3 Å². The van der Waals surface area contributed by atoms with Gasteiger partial charge in [0.25, 0.3) is 0 Å². The molecule has 7 nitrogen and oxygen atoms in total. The molecular formula is C38H60N2O5. The molecule has 0 saturated heterocycles. The molecule has 0 radical (unpaired) electrons. The van der Waals surface area contributed by atoms with Crippen molar-refractivity contribution in [1.82, 2.24) is 10.6 Å². The molecule has 7 unspecified atom stereocenters. The number of allylic oxidation sites excluding steroid dienone is 9. The maximum atomic E-state index is 12.7. The van der Waals surface area contributed by atoms with E-state index in [1.165, 1.54) is 5.57 Å². The number of aliphatic hydroxyl groups excluding tert-OH is 2. The van der Waals surface area contributed by atoms with Gasteiger partial charge >= 0.3 is 0 Å². The minimum atomic E-state index is -1.15. The molecule has 7 atom stereocenters. The molecule has 3 rings (SSSR count). The third-order valence-electron chi connectivity index (χ3n) is 10.6. The van der Waals surface area contributed by atoms with Gasteiger partial charge in [-0.1, -0.05) is 66.7 Å². The summed E-state index contributed by atoms with van der Waals surface area (Å²) in [6, 6.07) is 0. The van der Waals surface area contributed by atoms with Crippen molar-refractivity contribution in [2.24, 2.45) is 29.1 Å². The first kappa shape index (κ1) is 37.3. The normalized spacial score (nSPS) is 32.9. The molecule has 0 aromatic carbocycles. The lowest BCUT2D eigenvalue weighted by Crippen LogP contribution is -2.65. The fraction of sp³-hybridized carbons (Fsp3) is 0.658. The van der Waals surface area contributed by atoms with Crippen LogP contribution in [0.4, 0.5) is 0 Å². The Morgan fingerprint density at radius 2 is 2.02 bits per heavy atom. The molecule has 0 aromatic heterocycles. The second kappa shape index (κ2) is 17.7. The van der Waals surface area contributed by atoms with Crippen LogP contribution in [-0.4, -0.2) is 79.8 Å². The number of carbonyl (C=O) groups excluding carboxylic acids is 1. The van der Waals surface area contributed by atoms with Crippen LogP contribution in [0, 0.1) is 29.1 Å². The molecule has 5 N–H and O–H groups in total. The second-order valence-electron chi connectivity index (χ2n) is 13.4. The number of fused-ring (bicyclic) bond motifs is 3. The summed E-state index contributed by atoms with van der Waals surface area (Å²) < 4.78 is 5.93. The Balaban J connectivity index is 1.98. The summed E-state index contributed by atoms with van der Waals surface area (Å²) in [5, 5.41) is 41.9. The monoisotopic (exact) mass is 624 g/mol. The van der Waals surface area contributed by atoms with Crippen molar-refractivity contribution in [3.63, 3.8) is 0 Å². The van der Waals surface area contributed by atoms with Gasteiger partial charge in [0.15, 0.2) is 0 Å². The third-order valence-corrected chi connectivity index (χ3v) is 10.6. The van der Waals surface area contributed by atoms with E-state index in [4.69, 9.17) is 4.74 Å². The quantitative estimate of drug-likeness (QED) is 0.0616. The highest BCUT2D eigenvalue weighted by molar-refractivity contribution is 5.74. The van der Waals surface area contributed by atoms with E-state index >= 15 is 0 Å². The average Bonchev–Trinajstić information content (AvgIpc) is 3.37. The number of rotatable bonds is 18. The maximum Gasteiger partial charge on any atom is 0.145 e. The SMILES string of the molecule is C=C(C=CC=C(COCC)C1CCC2(C1O)C1C(=C(C)C=O)C(C=CC1CCO)CC2(O)CCNC)CCC=C(C)CNCC. The summed E-state index contributed by atoms with van der Waals surface area (Å²) >= 11 is 0. The Hall–Kier alpha value is -2.13. The summed E-state index contributed by atoms with van der Waals surface area (Å²) in [6.07, 6.45) is 17.4. The largest absolute Gasteiger partial charge is 0.396 e. The van der Waals surface area contributed by atoms with Crippen molar-refractivity contribution in [3.8, 4) is 0 Å². The van der Waals surface area contributed by atoms with Crippen LogP contribution in [-0.2, 0) is 9.53 Å². The van der Waals surface area contributed by atoms with Crippen LogP contribution < -0.4 is 10.6 Å².